The number of piperidine rings is 1. The quantitative estimate of drug-likeness (QED) is 0.259. The van der Waals surface area contributed by atoms with Crippen LogP contribution in [-0.2, 0) is 0 Å². The number of hydrogen-bond donors (Lipinski definition) is 0. The van der Waals surface area contributed by atoms with Crippen molar-refractivity contribution in [3.05, 3.63) is 0 Å². The lowest BCUT2D eigenvalue weighted by Crippen LogP contribution is -3.00. The fourth-order valence-corrected chi connectivity index (χ4v) is 3.45. The highest BCUT2D eigenvalue weighted by Crippen LogP contribution is 2.19. The maximum absolute atomic E-state index is 2.39. The molecule has 118 valence electrons. The van der Waals surface area contributed by atoms with E-state index in [9.17, 15) is 0 Å². The van der Waals surface area contributed by atoms with Gasteiger partial charge in [-0.1, -0.05) is 0 Å². The highest BCUT2D eigenvalue weighted by molar-refractivity contribution is 4.54. The molecule has 0 saturated carbocycles. The smallest absolute Gasteiger partial charge is 0.128 e. The topological polar surface area (TPSA) is 0 Å². The van der Waals surface area contributed by atoms with Gasteiger partial charge in [-0.25, -0.2) is 0 Å². The second-order valence-electron chi connectivity index (χ2n) is 5.90. The molecule has 1 aliphatic heterocycles. The number of halogens is 2. The zero-order valence-corrected chi connectivity index (χ0v) is 17.7. The predicted molar refractivity (Wildman–Crippen MR) is 76.0 cm³/mol. The van der Waals surface area contributed by atoms with Gasteiger partial charge < -0.3 is 56.9 Å². The van der Waals surface area contributed by atoms with Crippen LogP contribution in [0.3, 0.4) is 0 Å². The maximum atomic E-state index is 2.39. The van der Waals surface area contributed by atoms with E-state index in [2.05, 4.69) is 27.7 Å². The van der Waals surface area contributed by atoms with E-state index in [0.717, 1.165) is 0 Å². The molecule has 2 nitrogen and oxygen atoms in total. The Labute approximate surface area is 155 Å². The van der Waals surface area contributed by atoms with Crippen molar-refractivity contribution in [3.8, 4) is 0 Å². The number of hydrogen-bond acceptors (Lipinski definition) is 0. The second-order valence-corrected chi connectivity index (χ2v) is 5.90. The molecule has 1 rings (SSSR count). The van der Waals surface area contributed by atoms with Crippen molar-refractivity contribution in [2.75, 3.05) is 52.4 Å². The summed E-state index contributed by atoms with van der Waals surface area (Å²) in [5.41, 5.74) is 0. The average Bonchev–Trinajstić information content (AvgIpc) is 2.42. The Kier molecular flexibility index (Phi) is 13.1. The number of likely N-dealkylation sites (N-methyl/N-ethyl adjacent to an activating group) is 2. The van der Waals surface area contributed by atoms with E-state index >= 15 is 0 Å². The molecule has 0 aromatic carbocycles. The predicted octanol–water partition coefficient (Wildman–Crippen LogP) is -3.11. The lowest BCUT2D eigenvalue weighted by atomic mass is 10.1. The maximum Gasteiger partial charge on any atom is 0.128 e. The van der Waals surface area contributed by atoms with Crippen LogP contribution in [0.25, 0.3) is 0 Å². The van der Waals surface area contributed by atoms with Crippen LogP contribution in [0.4, 0.5) is 0 Å². The average molecular weight is 496 g/mol. The summed E-state index contributed by atoms with van der Waals surface area (Å²) < 4.78 is 2.72. The number of quaternary nitrogens is 2. The van der Waals surface area contributed by atoms with Gasteiger partial charge in [-0.2, -0.15) is 0 Å². The van der Waals surface area contributed by atoms with E-state index in [0.29, 0.717) is 0 Å². The summed E-state index contributed by atoms with van der Waals surface area (Å²) in [6.45, 7) is 20.4. The Morgan fingerprint density at radius 2 is 1.26 bits per heavy atom. The first-order valence-corrected chi connectivity index (χ1v) is 7.86. The van der Waals surface area contributed by atoms with E-state index in [-0.39, 0.29) is 48.0 Å². The molecule has 0 unspecified atom stereocenters. The first-order chi connectivity index (χ1) is 8.16. The molecule has 0 spiro atoms. The highest BCUT2D eigenvalue weighted by Gasteiger charge is 2.32. The summed E-state index contributed by atoms with van der Waals surface area (Å²) in [6, 6.07) is 0. The van der Waals surface area contributed by atoms with E-state index in [1.807, 2.05) is 0 Å². The molecule has 1 fully saturated rings. The minimum Gasteiger partial charge on any atom is -1.00 e. The highest BCUT2D eigenvalue weighted by atomic mass is 127. The molecule has 0 radical (unpaired) electrons. The fourth-order valence-electron chi connectivity index (χ4n) is 3.45. The summed E-state index contributed by atoms with van der Waals surface area (Å²) in [5, 5.41) is 0. The van der Waals surface area contributed by atoms with Crippen molar-refractivity contribution in [3.63, 3.8) is 0 Å². The molecule has 1 aliphatic rings. The molecule has 0 aliphatic carbocycles. The third-order valence-corrected chi connectivity index (χ3v) is 5.50. The summed E-state index contributed by atoms with van der Waals surface area (Å²) in [5.74, 6) is 0. The van der Waals surface area contributed by atoms with E-state index in [4.69, 9.17) is 0 Å². The molecule has 19 heavy (non-hydrogen) atoms. The zero-order chi connectivity index (χ0) is 12.8. The zero-order valence-electron chi connectivity index (χ0n) is 13.4. The van der Waals surface area contributed by atoms with Crippen molar-refractivity contribution >= 4 is 0 Å². The molecule has 4 heteroatoms. The number of nitrogens with zero attached hydrogens (tertiary/aromatic N) is 2. The van der Waals surface area contributed by atoms with Crippen LogP contribution in [-0.4, -0.2) is 61.3 Å². The Morgan fingerprint density at radius 3 is 1.63 bits per heavy atom. The Hall–Kier alpha value is 1.38. The van der Waals surface area contributed by atoms with Gasteiger partial charge in [0, 0.05) is 0 Å². The van der Waals surface area contributed by atoms with Gasteiger partial charge in [-0.05, 0) is 47.0 Å². The van der Waals surface area contributed by atoms with Gasteiger partial charge >= 0.3 is 0 Å². The van der Waals surface area contributed by atoms with Crippen LogP contribution in [0.1, 0.15) is 47.0 Å². The van der Waals surface area contributed by atoms with E-state index in [1.54, 1.807) is 0 Å². The summed E-state index contributed by atoms with van der Waals surface area (Å²) >= 11 is 0. The van der Waals surface area contributed by atoms with Crippen LogP contribution >= 0.6 is 0 Å². The third-order valence-electron chi connectivity index (χ3n) is 5.50. The molecular formula is C15H34I2N2. The first-order valence-electron chi connectivity index (χ1n) is 7.86. The normalized spacial score (nSPS) is 18.3. The Morgan fingerprint density at radius 1 is 0.789 bits per heavy atom. The summed E-state index contributed by atoms with van der Waals surface area (Å²) in [4.78, 5) is 0. The molecule has 0 aromatic rings. The van der Waals surface area contributed by atoms with Gasteiger partial charge in [-0.3, -0.25) is 0 Å². The van der Waals surface area contributed by atoms with Crippen LogP contribution in [0, 0.1) is 0 Å². The van der Waals surface area contributed by atoms with Crippen molar-refractivity contribution in [1.29, 1.82) is 0 Å². The molecule has 0 aromatic heterocycles. The van der Waals surface area contributed by atoms with Crippen LogP contribution in [0.5, 0.6) is 0 Å². The molecular weight excluding hydrogens is 462 g/mol. The van der Waals surface area contributed by atoms with E-state index < -0.39 is 0 Å². The van der Waals surface area contributed by atoms with Crippen LogP contribution < -0.4 is 48.0 Å². The first kappa shape index (κ1) is 22.7. The summed E-state index contributed by atoms with van der Waals surface area (Å²) in [7, 11) is 0. The van der Waals surface area contributed by atoms with Gasteiger partial charge in [-0.15, -0.1) is 0 Å². The van der Waals surface area contributed by atoms with Gasteiger partial charge in [0.25, 0.3) is 0 Å². The van der Waals surface area contributed by atoms with Gasteiger partial charge in [0.1, 0.15) is 13.1 Å². The lowest BCUT2D eigenvalue weighted by molar-refractivity contribution is -0.980. The molecule has 0 amide bonds. The van der Waals surface area contributed by atoms with Crippen molar-refractivity contribution < 1.29 is 56.9 Å². The van der Waals surface area contributed by atoms with Gasteiger partial charge in [0.05, 0.1) is 39.3 Å². The Balaban J connectivity index is 0. The number of rotatable bonds is 7. The molecule has 0 bridgehead atoms. The molecule has 0 atom stereocenters. The molecule has 1 saturated heterocycles. The van der Waals surface area contributed by atoms with Crippen molar-refractivity contribution in [1.82, 2.24) is 0 Å². The van der Waals surface area contributed by atoms with Crippen molar-refractivity contribution in [2.45, 2.75) is 47.0 Å². The monoisotopic (exact) mass is 496 g/mol. The SMILES string of the molecule is CC[N+](CC)(CC)CC[N+]1(CC)CCCCC1.[I-].[I-]. The van der Waals surface area contributed by atoms with Crippen molar-refractivity contribution in [2.24, 2.45) is 0 Å². The Bertz CT molecular complexity index is 204. The van der Waals surface area contributed by atoms with Crippen LogP contribution in [0.15, 0.2) is 0 Å². The molecule has 1 heterocycles. The standard InChI is InChI=1S/C15H34N2.2HI/c1-5-16(6-2,7-3)14-15-17(8-4)12-10-9-11-13-17;;/h5-15H2,1-4H3;2*1H/q+2;;/p-2. The molecule has 0 N–H and O–H groups in total. The van der Waals surface area contributed by atoms with E-state index in [1.165, 1.54) is 80.6 Å². The van der Waals surface area contributed by atoms with Gasteiger partial charge in [0.15, 0.2) is 0 Å². The largest absolute Gasteiger partial charge is 1.00 e. The number of likely N-dealkylation sites (tertiary alicyclic amines) is 1. The lowest BCUT2D eigenvalue weighted by Gasteiger charge is -2.44. The van der Waals surface area contributed by atoms with Gasteiger partial charge in [0.2, 0.25) is 0 Å². The second kappa shape index (κ2) is 11.0. The minimum absolute atomic E-state index is 0. The minimum atomic E-state index is 0. The third kappa shape index (κ3) is 6.34. The summed E-state index contributed by atoms with van der Waals surface area (Å²) in [6.07, 6.45) is 4.38. The fraction of sp³-hybridized carbons (Fsp3) is 1.00. The van der Waals surface area contributed by atoms with Crippen LogP contribution in [0.2, 0.25) is 0 Å².